The number of carbonyl (C=O) groups excluding carboxylic acids is 1. The molecule has 1 heterocycles. The number of benzene rings is 1. The summed E-state index contributed by atoms with van der Waals surface area (Å²) in [6.45, 7) is 6.03. The van der Waals surface area contributed by atoms with E-state index in [-0.39, 0.29) is 11.9 Å². The van der Waals surface area contributed by atoms with Crippen LogP contribution < -0.4 is 10.6 Å². The average molecular weight is 290 g/mol. The van der Waals surface area contributed by atoms with Gasteiger partial charge >= 0.3 is 5.97 Å². The van der Waals surface area contributed by atoms with Gasteiger partial charge in [0, 0.05) is 6.54 Å². The fourth-order valence-corrected chi connectivity index (χ4v) is 2.53. The van der Waals surface area contributed by atoms with Crippen LogP contribution in [-0.4, -0.2) is 29.1 Å². The predicted octanol–water partition coefficient (Wildman–Crippen LogP) is 1.32. The number of amides is 1. The van der Waals surface area contributed by atoms with Crippen LogP contribution >= 0.6 is 0 Å². The third-order valence-corrected chi connectivity index (χ3v) is 3.80. The molecular weight excluding hydrogens is 268 g/mol. The molecule has 1 aliphatic rings. The third-order valence-electron chi connectivity index (χ3n) is 3.80. The number of nitrogens with one attached hydrogen (secondary N) is 2. The molecule has 3 N–H and O–H groups in total. The van der Waals surface area contributed by atoms with E-state index < -0.39 is 17.4 Å². The molecule has 0 radical (unpaired) electrons. The van der Waals surface area contributed by atoms with Gasteiger partial charge in [0.2, 0.25) is 5.91 Å². The first-order valence-electron chi connectivity index (χ1n) is 7.12. The van der Waals surface area contributed by atoms with E-state index in [2.05, 4.69) is 10.6 Å². The molecule has 0 spiro atoms. The Balaban J connectivity index is 2.06. The topological polar surface area (TPSA) is 78.4 Å². The summed E-state index contributed by atoms with van der Waals surface area (Å²) >= 11 is 0. The number of hydrogen-bond acceptors (Lipinski definition) is 3. The number of carboxylic acid groups (broad SMARTS) is 1. The molecule has 2 atom stereocenters. The molecule has 0 aromatic heterocycles. The molecule has 0 saturated heterocycles. The number of carboxylic acids is 1. The van der Waals surface area contributed by atoms with Crippen molar-refractivity contribution >= 4 is 11.9 Å². The highest BCUT2D eigenvalue weighted by Gasteiger charge is 2.35. The molecular formula is C16H22N2O3. The third kappa shape index (κ3) is 3.61. The number of rotatable bonds is 3. The first-order valence-corrected chi connectivity index (χ1v) is 7.12. The second-order valence-corrected chi connectivity index (χ2v) is 6.55. The second kappa shape index (κ2) is 5.85. The lowest BCUT2D eigenvalue weighted by molar-refractivity contribution is -0.145. The van der Waals surface area contributed by atoms with Gasteiger partial charge in [-0.25, -0.2) is 4.79 Å². The normalized spacial score (nSPS) is 19.5. The number of fused-ring (bicyclic) bond motifs is 1. The fourth-order valence-electron chi connectivity index (χ4n) is 2.53. The molecule has 0 bridgehead atoms. The summed E-state index contributed by atoms with van der Waals surface area (Å²) in [5.41, 5.74) is 1.79. The fraction of sp³-hybridized carbons (Fsp3) is 0.500. The number of hydrogen-bond donors (Lipinski definition) is 3. The Kier molecular flexibility index (Phi) is 4.32. The number of carbonyl (C=O) groups is 2. The van der Waals surface area contributed by atoms with Crippen molar-refractivity contribution < 1.29 is 14.7 Å². The van der Waals surface area contributed by atoms with Gasteiger partial charge in [-0.15, -0.1) is 0 Å². The Morgan fingerprint density at radius 3 is 2.48 bits per heavy atom. The maximum Gasteiger partial charge on any atom is 0.326 e. The first-order chi connectivity index (χ1) is 9.79. The predicted molar refractivity (Wildman–Crippen MR) is 79.8 cm³/mol. The lowest BCUT2D eigenvalue weighted by Gasteiger charge is -2.31. The van der Waals surface area contributed by atoms with Crippen LogP contribution in [0.15, 0.2) is 24.3 Å². The minimum atomic E-state index is -1.01. The highest BCUT2D eigenvalue weighted by Crippen LogP contribution is 2.21. The highest BCUT2D eigenvalue weighted by atomic mass is 16.4. The van der Waals surface area contributed by atoms with Crippen LogP contribution in [0.4, 0.5) is 0 Å². The molecule has 0 aliphatic carbocycles. The molecule has 0 unspecified atom stereocenters. The van der Waals surface area contributed by atoms with Gasteiger partial charge in [-0.3, -0.25) is 4.79 Å². The van der Waals surface area contributed by atoms with Crippen LogP contribution in [-0.2, 0) is 22.6 Å². The highest BCUT2D eigenvalue weighted by molar-refractivity contribution is 5.87. The lowest BCUT2D eigenvalue weighted by atomic mass is 9.86. The van der Waals surface area contributed by atoms with Gasteiger partial charge in [-0.05, 0) is 23.0 Å². The molecule has 114 valence electrons. The Hall–Kier alpha value is -1.88. The van der Waals surface area contributed by atoms with Crippen LogP contribution in [0.1, 0.15) is 31.9 Å². The van der Waals surface area contributed by atoms with E-state index in [0.29, 0.717) is 13.0 Å². The maximum absolute atomic E-state index is 12.3. The Morgan fingerprint density at radius 1 is 1.29 bits per heavy atom. The van der Waals surface area contributed by atoms with Gasteiger partial charge in [-0.2, -0.15) is 0 Å². The van der Waals surface area contributed by atoms with E-state index in [1.807, 2.05) is 24.3 Å². The van der Waals surface area contributed by atoms with Crippen LogP contribution in [0.3, 0.4) is 0 Å². The van der Waals surface area contributed by atoms with Gasteiger partial charge in [0.25, 0.3) is 0 Å². The summed E-state index contributed by atoms with van der Waals surface area (Å²) in [6.07, 6.45) is 0.582. The zero-order valence-corrected chi connectivity index (χ0v) is 12.6. The van der Waals surface area contributed by atoms with E-state index in [1.165, 1.54) is 5.56 Å². The summed E-state index contributed by atoms with van der Waals surface area (Å²) in [5, 5.41) is 15.1. The molecule has 0 saturated carbocycles. The quantitative estimate of drug-likeness (QED) is 0.784. The van der Waals surface area contributed by atoms with Crippen molar-refractivity contribution in [2.24, 2.45) is 5.41 Å². The molecule has 1 amide bonds. The minimum Gasteiger partial charge on any atom is -0.480 e. The Labute approximate surface area is 124 Å². The van der Waals surface area contributed by atoms with Gasteiger partial charge in [0.05, 0.1) is 6.04 Å². The van der Waals surface area contributed by atoms with Crippen molar-refractivity contribution in [3.8, 4) is 0 Å². The average Bonchev–Trinajstić information content (AvgIpc) is 2.42. The Bertz CT molecular complexity index is 549. The van der Waals surface area contributed by atoms with Crippen LogP contribution in [0.25, 0.3) is 0 Å². The molecule has 2 rings (SSSR count). The molecule has 5 nitrogen and oxygen atoms in total. The van der Waals surface area contributed by atoms with E-state index >= 15 is 0 Å². The van der Waals surface area contributed by atoms with Crippen molar-refractivity contribution in [1.29, 1.82) is 0 Å². The zero-order valence-electron chi connectivity index (χ0n) is 12.6. The molecule has 1 aromatic carbocycles. The second-order valence-electron chi connectivity index (χ2n) is 6.55. The molecule has 5 heteroatoms. The molecule has 1 aromatic rings. The minimum absolute atomic E-state index is 0.258. The van der Waals surface area contributed by atoms with E-state index in [4.69, 9.17) is 0 Å². The maximum atomic E-state index is 12.3. The summed E-state index contributed by atoms with van der Waals surface area (Å²) < 4.78 is 0. The summed E-state index contributed by atoms with van der Waals surface area (Å²) in [7, 11) is 0. The smallest absolute Gasteiger partial charge is 0.326 e. The van der Waals surface area contributed by atoms with Gasteiger partial charge < -0.3 is 15.7 Å². The van der Waals surface area contributed by atoms with Crippen LogP contribution in [0.5, 0.6) is 0 Å². The van der Waals surface area contributed by atoms with Crippen LogP contribution in [0, 0.1) is 5.41 Å². The standard InChI is InChI=1S/C16H22N2O3/c1-16(2,3)13(15(20)21)18-14(19)12-8-10-6-4-5-7-11(10)9-17-12/h4-7,12-13,17H,8-9H2,1-3H3,(H,18,19)(H,20,21)/t12-,13+/m0/s1. The summed E-state index contributed by atoms with van der Waals surface area (Å²) in [6, 6.07) is 6.68. The molecule has 0 fully saturated rings. The monoisotopic (exact) mass is 290 g/mol. The van der Waals surface area contributed by atoms with Crippen molar-refractivity contribution in [3.05, 3.63) is 35.4 Å². The first kappa shape index (κ1) is 15.5. The van der Waals surface area contributed by atoms with E-state index in [1.54, 1.807) is 20.8 Å². The van der Waals surface area contributed by atoms with Crippen LogP contribution in [0.2, 0.25) is 0 Å². The van der Waals surface area contributed by atoms with E-state index in [9.17, 15) is 14.7 Å². The Morgan fingerprint density at radius 2 is 1.90 bits per heavy atom. The van der Waals surface area contributed by atoms with Gasteiger partial charge in [0.1, 0.15) is 6.04 Å². The lowest BCUT2D eigenvalue weighted by Crippen LogP contribution is -2.55. The van der Waals surface area contributed by atoms with Crippen molar-refractivity contribution in [2.45, 2.75) is 45.8 Å². The SMILES string of the molecule is CC(C)(C)[C@H](NC(=O)[C@@H]1Cc2ccccc2CN1)C(=O)O. The van der Waals surface area contributed by atoms with Gasteiger partial charge in [-0.1, -0.05) is 45.0 Å². The van der Waals surface area contributed by atoms with Crippen molar-refractivity contribution in [2.75, 3.05) is 0 Å². The molecule has 1 aliphatic heterocycles. The zero-order chi connectivity index (χ0) is 15.6. The van der Waals surface area contributed by atoms with E-state index in [0.717, 1.165) is 5.56 Å². The summed E-state index contributed by atoms with van der Waals surface area (Å²) in [4.78, 5) is 23.7. The molecule has 21 heavy (non-hydrogen) atoms. The van der Waals surface area contributed by atoms with Crippen molar-refractivity contribution in [1.82, 2.24) is 10.6 Å². The largest absolute Gasteiger partial charge is 0.480 e. The summed E-state index contributed by atoms with van der Waals surface area (Å²) in [5.74, 6) is -1.26. The number of aliphatic carboxylic acids is 1. The van der Waals surface area contributed by atoms with Crippen molar-refractivity contribution in [3.63, 3.8) is 0 Å². The van der Waals surface area contributed by atoms with Gasteiger partial charge in [0.15, 0.2) is 0 Å².